The number of hydrogen-bond acceptors (Lipinski definition) is 4. The number of ether oxygens (including phenoxy) is 1. The molecule has 0 fully saturated rings. The van der Waals surface area contributed by atoms with Crippen molar-refractivity contribution in [3.8, 4) is 5.88 Å². The third kappa shape index (κ3) is 3.45. The minimum Gasteiger partial charge on any atom is -0.480 e. The van der Waals surface area contributed by atoms with Gasteiger partial charge in [0.1, 0.15) is 11.6 Å². The van der Waals surface area contributed by atoms with E-state index < -0.39 is 17.7 Å². The Morgan fingerprint density at radius 1 is 1.16 bits per heavy atom. The predicted octanol–water partition coefficient (Wildman–Crippen LogP) is 2.01. The van der Waals surface area contributed by atoms with Crippen LogP contribution in [0.4, 0.5) is 8.78 Å². The van der Waals surface area contributed by atoms with Gasteiger partial charge in [-0.2, -0.15) is 5.10 Å². The lowest BCUT2D eigenvalue weighted by Gasteiger charge is -2.11. The Morgan fingerprint density at radius 2 is 1.84 bits per heavy atom. The van der Waals surface area contributed by atoms with Crippen LogP contribution in [0.2, 0.25) is 0 Å². The summed E-state index contributed by atoms with van der Waals surface area (Å²) in [6.45, 7) is 0. The SMILES string of the molecule is COc1ccc(C(N)Cc2cc(F)cc(F)c2)nn1. The molecule has 19 heavy (non-hydrogen) atoms. The summed E-state index contributed by atoms with van der Waals surface area (Å²) in [6, 6.07) is 6.14. The highest BCUT2D eigenvalue weighted by Gasteiger charge is 2.11. The van der Waals surface area contributed by atoms with Gasteiger partial charge in [-0.1, -0.05) is 0 Å². The third-order valence-corrected chi connectivity index (χ3v) is 2.63. The zero-order valence-corrected chi connectivity index (χ0v) is 10.3. The molecule has 6 heteroatoms. The Balaban J connectivity index is 2.13. The summed E-state index contributed by atoms with van der Waals surface area (Å²) in [6.07, 6.45) is 0.274. The lowest BCUT2D eigenvalue weighted by molar-refractivity contribution is 0.390. The van der Waals surface area contributed by atoms with Crippen LogP contribution in [-0.2, 0) is 6.42 Å². The number of methoxy groups -OCH3 is 1. The van der Waals surface area contributed by atoms with Gasteiger partial charge in [-0.05, 0) is 30.2 Å². The molecule has 0 aliphatic heterocycles. The lowest BCUT2D eigenvalue weighted by Crippen LogP contribution is -2.15. The molecule has 0 radical (unpaired) electrons. The first kappa shape index (κ1) is 13.4. The smallest absolute Gasteiger partial charge is 0.233 e. The minimum absolute atomic E-state index is 0.274. The van der Waals surface area contributed by atoms with Crippen molar-refractivity contribution in [2.75, 3.05) is 7.11 Å². The van der Waals surface area contributed by atoms with E-state index in [-0.39, 0.29) is 6.42 Å². The Labute approximate surface area is 109 Å². The Kier molecular flexibility index (Phi) is 4.01. The zero-order valence-electron chi connectivity index (χ0n) is 10.3. The monoisotopic (exact) mass is 265 g/mol. The van der Waals surface area contributed by atoms with E-state index in [9.17, 15) is 8.78 Å². The van der Waals surface area contributed by atoms with Gasteiger partial charge in [0.25, 0.3) is 0 Å². The normalized spacial score (nSPS) is 12.2. The summed E-state index contributed by atoms with van der Waals surface area (Å²) in [5, 5.41) is 7.70. The van der Waals surface area contributed by atoms with Crippen molar-refractivity contribution in [2.24, 2.45) is 5.73 Å². The maximum Gasteiger partial charge on any atom is 0.233 e. The number of nitrogens with two attached hydrogens (primary N) is 1. The van der Waals surface area contributed by atoms with Crippen LogP contribution in [0.15, 0.2) is 30.3 Å². The van der Waals surface area contributed by atoms with Gasteiger partial charge in [0.15, 0.2) is 0 Å². The van der Waals surface area contributed by atoms with E-state index in [1.807, 2.05) is 0 Å². The van der Waals surface area contributed by atoms with Gasteiger partial charge < -0.3 is 10.5 Å². The molecular weight excluding hydrogens is 252 g/mol. The molecule has 2 rings (SSSR count). The zero-order chi connectivity index (χ0) is 13.8. The molecule has 100 valence electrons. The molecule has 1 heterocycles. The largest absolute Gasteiger partial charge is 0.480 e. The second-order valence-electron chi connectivity index (χ2n) is 4.09. The molecule has 1 atom stereocenters. The maximum atomic E-state index is 13.1. The molecule has 0 spiro atoms. The number of nitrogens with zero attached hydrogens (tertiary/aromatic N) is 2. The van der Waals surface area contributed by atoms with Crippen LogP contribution in [0.5, 0.6) is 5.88 Å². The predicted molar refractivity (Wildman–Crippen MR) is 65.6 cm³/mol. The van der Waals surface area contributed by atoms with Crippen molar-refractivity contribution in [2.45, 2.75) is 12.5 Å². The van der Waals surface area contributed by atoms with Crippen LogP contribution in [0.25, 0.3) is 0 Å². The van der Waals surface area contributed by atoms with Crippen LogP contribution < -0.4 is 10.5 Å². The van der Waals surface area contributed by atoms with E-state index in [1.54, 1.807) is 12.1 Å². The molecule has 0 bridgehead atoms. The maximum absolute atomic E-state index is 13.1. The molecule has 2 N–H and O–H groups in total. The van der Waals surface area contributed by atoms with Gasteiger partial charge >= 0.3 is 0 Å². The van der Waals surface area contributed by atoms with E-state index >= 15 is 0 Å². The summed E-state index contributed by atoms with van der Waals surface area (Å²) in [4.78, 5) is 0. The molecule has 1 aromatic heterocycles. The Bertz CT molecular complexity index is 540. The number of rotatable bonds is 4. The van der Waals surface area contributed by atoms with Crippen molar-refractivity contribution in [1.82, 2.24) is 10.2 Å². The first-order chi connectivity index (χ1) is 9.08. The summed E-state index contributed by atoms with van der Waals surface area (Å²) < 4.78 is 31.0. The second kappa shape index (κ2) is 5.71. The van der Waals surface area contributed by atoms with E-state index in [0.29, 0.717) is 17.1 Å². The van der Waals surface area contributed by atoms with Gasteiger partial charge in [-0.3, -0.25) is 0 Å². The lowest BCUT2D eigenvalue weighted by atomic mass is 10.0. The molecule has 1 aromatic carbocycles. The molecule has 0 saturated carbocycles. The van der Waals surface area contributed by atoms with E-state index in [4.69, 9.17) is 10.5 Å². The standard InChI is InChI=1S/C13H13F2N3O/c1-19-13-3-2-12(17-18-13)11(16)6-8-4-9(14)7-10(15)5-8/h2-5,7,11H,6,16H2,1H3. The van der Waals surface area contributed by atoms with Crippen molar-refractivity contribution in [3.63, 3.8) is 0 Å². The van der Waals surface area contributed by atoms with Crippen LogP contribution in [0.3, 0.4) is 0 Å². The second-order valence-corrected chi connectivity index (χ2v) is 4.09. The van der Waals surface area contributed by atoms with E-state index in [0.717, 1.165) is 6.07 Å². The first-order valence-electron chi connectivity index (χ1n) is 5.66. The van der Waals surface area contributed by atoms with Crippen LogP contribution >= 0.6 is 0 Å². The molecule has 2 aromatic rings. The van der Waals surface area contributed by atoms with Gasteiger partial charge in [0.05, 0.1) is 18.8 Å². The van der Waals surface area contributed by atoms with Crippen LogP contribution in [0.1, 0.15) is 17.3 Å². The van der Waals surface area contributed by atoms with Crippen molar-refractivity contribution >= 4 is 0 Å². The van der Waals surface area contributed by atoms with E-state index in [2.05, 4.69) is 10.2 Å². The number of halogens is 2. The number of aromatic nitrogens is 2. The minimum atomic E-state index is -0.622. The molecule has 4 nitrogen and oxygen atoms in total. The van der Waals surface area contributed by atoms with Crippen molar-refractivity contribution < 1.29 is 13.5 Å². The van der Waals surface area contributed by atoms with E-state index in [1.165, 1.54) is 19.2 Å². The fraction of sp³-hybridized carbons (Fsp3) is 0.231. The molecular formula is C13H13F2N3O. The van der Waals surface area contributed by atoms with Crippen molar-refractivity contribution in [1.29, 1.82) is 0 Å². The quantitative estimate of drug-likeness (QED) is 0.918. The molecule has 0 aliphatic carbocycles. The van der Waals surface area contributed by atoms with Crippen LogP contribution in [-0.4, -0.2) is 17.3 Å². The highest BCUT2D eigenvalue weighted by Crippen LogP contribution is 2.17. The topological polar surface area (TPSA) is 61.0 Å². The van der Waals surface area contributed by atoms with Gasteiger partial charge in [-0.25, -0.2) is 8.78 Å². The Morgan fingerprint density at radius 3 is 2.37 bits per heavy atom. The van der Waals surface area contributed by atoms with Gasteiger partial charge in [-0.15, -0.1) is 5.10 Å². The molecule has 0 amide bonds. The average molecular weight is 265 g/mol. The highest BCUT2D eigenvalue weighted by atomic mass is 19.1. The average Bonchev–Trinajstić information content (AvgIpc) is 2.37. The van der Waals surface area contributed by atoms with Gasteiger partial charge in [0, 0.05) is 12.1 Å². The third-order valence-electron chi connectivity index (χ3n) is 2.63. The molecule has 1 unspecified atom stereocenters. The highest BCUT2D eigenvalue weighted by molar-refractivity contribution is 5.21. The summed E-state index contributed by atoms with van der Waals surface area (Å²) in [7, 11) is 1.49. The first-order valence-corrected chi connectivity index (χ1v) is 5.66. The molecule has 0 aliphatic rings. The summed E-state index contributed by atoms with van der Waals surface area (Å²) in [5.74, 6) is -0.862. The number of hydrogen-bond donors (Lipinski definition) is 1. The summed E-state index contributed by atoms with van der Waals surface area (Å²) >= 11 is 0. The fourth-order valence-corrected chi connectivity index (χ4v) is 1.72. The summed E-state index contributed by atoms with van der Waals surface area (Å²) in [5.41, 5.74) is 6.94. The van der Waals surface area contributed by atoms with Crippen molar-refractivity contribution in [3.05, 3.63) is 53.2 Å². The fourth-order valence-electron chi connectivity index (χ4n) is 1.72. The number of benzene rings is 1. The van der Waals surface area contributed by atoms with Crippen LogP contribution in [0, 0.1) is 11.6 Å². The Hall–Kier alpha value is -2.08. The van der Waals surface area contributed by atoms with Gasteiger partial charge in [0.2, 0.25) is 5.88 Å². The molecule has 0 saturated heterocycles.